The largest absolute Gasteiger partial charge is 0.478 e. The summed E-state index contributed by atoms with van der Waals surface area (Å²) in [5.41, 5.74) is 3.69. The molecule has 86 valence electrons. The van der Waals surface area contributed by atoms with Gasteiger partial charge in [-0.15, -0.1) is 0 Å². The standard InChI is InChI=1S/C14H18O2/c1-9(2)12-6-5-10(3)13(8-12)7-11(4)14(15)16/h5-9H,1-4H3,(H,15,16)/b11-7+. The van der Waals surface area contributed by atoms with Crippen LogP contribution in [0.25, 0.3) is 6.08 Å². The third-order valence-corrected chi connectivity index (χ3v) is 2.68. The second-order valence-electron chi connectivity index (χ2n) is 4.40. The lowest BCUT2D eigenvalue weighted by molar-refractivity contribution is -0.132. The molecule has 0 heterocycles. The lowest BCUT2D eigenvalue weighted by atomic mass is 9.97. The van der Waals surface area contributed by atoms with E-state index in [4.69, 9.17) is 5.11 Å². The van der Waals surface area contributed by atoms with E-state index in [1.54, 1.807) is 13.0 Å². The number of carbonyl (C=O) groups is 1. The van der Waals surface area contributed by atoms with Gasteiger partial charge in [0.1, 0.15) is 0 Å². The van der Waals surface area contributed by atoms with Crippen LogP contribution in [0.5, 0.6) is 0 Å². The van der Waals surface area contributed by atoms with Gasteiger partial charge in [-0.1, -0.05) is 32.0 Å². The number of rotatable bonds is 3. The molecule has 0 amide bonds. The zero-order chi connectivity index (χ0) is 12.3. The summed E-state index contributed by atoms with van der Waals surface area (Å²) in [5, 5.41) is 8.84. The Hall–Kier alpha value is -1.57. The van der Waals surface area contributed by atoms with Crippen molar-refractivity contribution in [2.24, 2.45) is 0 Å². The van der Waals surface area contributed by atoms with Gasteiger partial charge in [0.05, 0.1) is 0 Å². The highest BCUT2D eigenvalue weighted by Crippen LogP contribution is 2.20. The van der Waals surface area contributed by atoms with Crippen LogP contribution in [0.3, 0.4) is 0 Å². The molecule has 0 aliphatic rings. The van der Waals surface area contributed by atoms with Crippen molar-refractivity contribution in [1.29, 1.82) is 0 Å². The zero-order valence-corrected chi connectivity index (χ0v) is 10.2. The minimum absolute atomic E-state index is 0.365. The molecule has 0 spiro atoms. The molecule has 0 unspecified atom stereocenters. The molecule has 1 aromatic rings. The van der Waals surface area contributed by atoms with Crippen LogP contribution in [-0.4, -0.2) is 11.1 Å². The quantitative estimate of drug-likeness (QED) is 0.787. The third-order valence-electron chi connectivity index (χ3n) is 2.68. The fraction of sp³-hybridized carbons (Fsp3) is 0.357. The van der Waals surface area contributed by atoms with Crippen molar-refractivity contribution >= 4 is 12.0 Å². The van der Waals surface area contributed by atoms with Gasteiger partial charge in [-0.3, -0.25) is 0 Å². The number of hydrogen-bond donors (Lipinski definition) is 1. The zero-order valence-electron chi connectivity index (χ0n) is 10.2. The van der Waals surface area contributed by atoms with E-state index in [0.29, 0.717) is 11.5 Å². The number of aliphatic carboxylic acids is 1. The van der Waals surface area contributed by atoms with Gasteiger partial charge in [0, 0.05) is 5.57 Å². The summed E-state index contributed by atoms with van der Waals surface area (Å²) in [4.78, 5) is 10.8. The van der Waals surface area contributed by atoms with Crippen molar-refractivity contribution in [1.82, 2.24) is 0 Å². The topological polar surface area (TPSA) is 37.3 Å². The van der Waals surface area contributed by atoms with Crippen molar-refractivity contribution in [2.45, 2.75) is 33.6 Å². The molecule has 2 heteroatoms. The molecular formula is C14H18O2. The maximum atomic E-state index is 10.8. The first-order valence-corrected chi connectivity index (χ1v) is 5.44. The van der Waals surface area contributed by atoms with Crippen LogP contribution in [0.15, 0.2) is 23.8 Å². The van der Waals surface area contributed by atoms with Gasteiger partial charge in [-0.2, -0.15) is 0 Å². The first-order valence-electron chi connectivity index (χ1n) is 5.44. The summed E-state index contributed by atoms with van der Waals surface area (Å²) in [6, 6.07) is 6.19. The fourth-order valence-electron chi connectivity index (χ4n) is 1.47. The van der Waals surface area contributed by atoms with Crippen LogP contribution in [0.1, 0.15) is 43.4 Å². The number of carboxylic acids is 1. The molecule has 0 aromatic heterocycles. The van der Waals surface area contributed by atoms with E-state index in [9.17, 15) is 4.79 Å². The van der Waals surface area contributed by atoms with Crippen molar-refractivity contribution in [2.75, 3.05) is 0 Å². The summed E-state index contributed by atoms with van der Waals surface area (Å²) in [7, 11) is 0. The Labute approximate surface area is 96.6 Å². The third kappa shape index (κ3) is 2.96. The summed E-state index contributed by atoms with van der Waals surface area (Å²) < 4.78 is 0. The Morgan fingerprint density at radius 1 is 1.38 bits per heavy atom. The Morgan fingerprint density at radius 3 is 2.50 bits per heavy atom. The van der Waals surface area contributed by atoms with Crippen LogP contribution >= 0.6 is 0 Å². The van der Waals surface area contributed by atoms with Gasteiger partial charge in [-0.25, -0.2) is 4.79 Å². The number of aryl methyl sites for hydroxylation is 1. The van der Waals surface area contributed by atoms with E-state index < -0.39 is 5.97 Å². The maximum absolute atomic E-state index is 10.8. The molecule has 0 bridgehead atoms. The van der Waals surface area contributed by atoms with E-state index in [-0.39, 0.29) is 0 Å². The van der Waals surface area contributed by atoms with Crippen LogP contribution in [-0.2, 0) is 4.79 Å². The summed E-state index contributed by atoms with van der Waals surface area (Å²) in [6.45, 7) is 7.86. The highest BCUT2D eigenvalue weighted by molar-refractivity contribution is 5.91. The van der Waals surface area contributed by atoms with Crippen LogP contribution < -0.4 is 0 Å². The lowest BCUT2D eigenvalue weighted by Crippen LogP contribution is -1.97. The van der Waals surface area contributed by atoms with Crippen molar-refractivity contribution in [3.63, 3.8) is 0 Å². The van der Waals surface area contributed by atoms with E-state index in [1.807, 2.05) is 13.0 Å². The van der Waals surface area contributed by atoms with Gasteiger partial charge in [-0.05, 0) is 42.5 Å². The summed E-state index contributed by atoms with van der Waals surface area (Å²) in [5.74, 6) is -0.410. The van der Waals surface area contributed by atoms with Gasteiger partial charge >= 0.3 is 5.97 Å². The minimum atomic E-state index is -0.866. The molecule has 0 fully saturated rings. The lowest BCUT2D eigenvalue weighted by Gasteiger charge is -2.09. The Balaban J connectivity index is 3.17. The van der Waals surface area contributed by atoms with Crippen LogP contribution in [0, 0.1) is 6.92 Å². The second-order valence-corrected chi connectivity index (χ2v) is 4.40. The van der Waals surface area contributed by atoms with Crippen molar-refractivity contribution < 1.29 is 9.90 Å². The normalized spacial score (nSPS) is 11.9. The molecule has 16 heavy (non-hydrogen) atoms. The van der Waals surface area contributed by atoms with Crippen LogP contribution in [0.2, 0.25) is 0 Å². The molecular weight excluding hydrogens is 200 g/mol. The molecule has 0 radical (unpaired) electrons. The van der Waals surface area contributed by atoms with Gasteiger partial charge in [0.2, 0.25) is 0 Å². The monoisotopic (exact) mass is 218 g/mol. The van der Waals surface area contributed by atoms with E-state index in [2.05, 4.69) is 26.0 Å². The fourth-order valence-corrected chi connectivity index (χ4v) is 1.47. The molecule has 1 N–H and O–H groups in total. The first kappa shape index (κ1) is 12.5. The van der Waals surface area contributed by atoms with Crippen LogP contribution in [0.4, 0.5) is 0 Å². The summed E-state index contributed by atoms with van der Waals surface area (Å²) >= 11 is 0. The van der Waals surface area contributed by atoms with Gasteiger partial charge in [0.15, 0.2) is 0 Å². The van der Waals surface area contributed by atoms with Crippen molar-refractivity contribution in [3.05, 3.63) is 40.5 Å². The predicted molar refractivity (Wildman–Crippen MR) is 66.6 cm³/mol. The van der Waals surface area contributed by atoms with E-state index in [1.165, 1.54) is 5.56 Å². The van der Waals surface area contributed by atoms with Crippen molar-refractivity contribution in [3.8, 4) is 0 Å². The molecule has 0 aliphatic heterocycles. The average molecular weight is 218 g/mol. The molecule has 2 nitrogen and oxygen atoms in total. The first-order chi connectivity index (χ1) is 7.41. The van der Waals surface area contributed by atoms with E-state index >= 15 is 0 Å². The number of hydrogen-bond acceptors (Lipinski definition) is 1. The summed E-state index contributed by atoms with van der Waals surface area (Å²) in [6.07, 6.45) is 1.73. The highest BCUT2D eigenvalue weighted by atomic mass is 16.4. The molecule has 0 saturated heterocycles. The van der Waals surface area contributed by atoms with Gasteiger partial charge in [0.25, 0.3) is 0 Å². The number of benzene rings is 1. The molecule has 1 aromatic carbocycles. The number of carboxylic acid groups (broad SMARTS) is 1. The molecule has 1 rings (SSSR count). The highest BCUT2D eigenvalue weighted by Gasteiger charge is 2.04. The Kier molecular flexibility index (Phi) is 3.88. The second kappa shape index (κ2) is 4.97. The molecule has 0 saturated carbocycles. The predicted octanol–water partition coefficient (Wildman–Crippen LogP) is 3.61. The smallest absolute Gasteiger partial charge is 0.331 e. The SMILES string of the molecule is C/C(=C\c1cc(C(C)C)ccc1C)C(=O)O. The average Bonchev–Trinajstić information content (AvgIpc) is 2.20. The molecule has 0 atom stereocenters. The van der Waals surface area contributed by atoms with Gasteiger partial charge < -0.3 is 5.11 Å². The Bertz CT molecular complexity index is 428. The maximum Gasteiger partial charge on any atom is 0.331 e. The Morgan fingerprint density at radius 2 is 2.00 bits per heavy atom. The van der Waals surface area contributed by atoms with E-state index in [0.717, 1.165) is 11.1 Å². The molecule has 0 aliphatic carbocycles. The minimum Gasteiger partial charge on any atom is -0.478 e.